The van der Waals surface area contributed by atoms with Gasteiger partial charge in [-0.1, -0.05) is 42.5 Å². The molecule has 0 aliphatic heterocycles. The van der Waals surface area contributed by atoms with Crippen molar-refractivity contribution in [2.24, 2.45) is 5.73 Å². The van der Waals surface area contributed by atoms with E-state index in [-0.39, 0.29) is 6.04 Å². The number of hydrogen-bond donors (Lipinski definition) is 1. The smallest absolute Gasteiger partial charge is 0.0470 e. The van der Waals surface area contributed by atoms with Crippen LogP contribution in [0, 0.1) is 0 Å². The fourth-order valence-electron chi connectivity index (χ4n) is 2.16. The van der Waals surface area contributed by atoms with Crippen molar-refractivity contribution >= 4 is 10.8 Å². The number of nitrogens with zero attached hydrogens (tertiary/aromatic N) is 1. The summed E-state index contributed by atoms with van der Waals surface area (Å²) < 4.78 is 0. The molecule has 2 N–H and O–H groups in total. The van der Waals surface area contributed by atoms with E-state index in [1.54, 1.807) is 0 Å². The first-order chi connectivity index (χ1) is 7.74. The van der Waals surface area contributed by atoms with E-state index in [9.17, 15) is 0 Å². The van der Waals surface area contributed by atoms with E-state index >= 15 is 0 Å². The Morgan fingerprint density at radius 1 is 1.06 bits per heavy atom. The Labute approximate surface area is 96.7 Å². The quantitative estimate of drug-likeness (QED) is 0.850. The predicted octanol–water partition coefficient (Wildman–Crippen LogP) is 2.40. The molecule has 0 saturated carbocycles. The number of hydrogen-bond acceptors (Lipinski definition) is 2. The van der Waals surface area contributed by atoms with Crippen LogP contribution < -0.4 is 5.73 Å². The second-order valence-corrected chi connectivity index (χ2v) is 4.28. The third-order valence-electron chi connectivity index (χ3n) is 3.03. The molecule has 0 radical (unpaired) electrons. The van der Waals surface area contributed by atoms with Gasteiger partial charge in [-0.2, -0.15) is 0 Å². The molecule has 0 bridgehead atoms. The molecule has 0 amide bonds. The molecule has 16 heavy (non-hydrogen) atoms. The topological polar surface area (TPSA) is 29.3 Å². The number of rotatable bonds is 3. The summed E-state index contributed by atoms with van der Waals surface area (Å²) >= 11 is 0. The maximum Gasteiger partial charge on any atom is 0.0470 e. The Hall–Kier alpha value is -1.38. The van der Waals surface area contributed by atoms with Crippen molar-refractivity contribution in [1.82, 2.24) is 4.90 Å². The van der Waals surface area contributed by atoms with E-state index in [1.807, 2.05) is 0 Å². The Balaban J connectivity index is 2.59. The van der Waals surface area contributed by atoms with Crippen LogP contribution in [0.5, 0.6) is 0 Å². The Kier molecular flexibility index (Phi) is 3.22. The van der Waals surface area contributed by atoms with Crippen molar-refractivity contribution in [2.75, 3.05) is 20.6 Å². The second-order valence-electron chi connectivity index (χ2n) is 4.28. The first-order valence-electron chi connectivity index (χ1n) is 5.58. The molecule has 2 rings (SSSR count). The van der Waals surface area contributed by atoms with Gasteiger partial charge in [0, 0.05) is 12.6 Å². The van der Waals surface area contributed by atoms with Crippen molar-refractivity contribution in [3.8, 4) is 0 Å². The molecule has 2 aromatic carbocycles. The lowest BCUT2D eigenvalue weighted by molar-refractivity contribution is 0.308. The van der Waals surface area contributed by atoms with Crippen LogP contribution >= 0.6 is 0 Å². The lowest BCUT2D eigenvalue weighted by atomic mass is 9.98. The van der Waals surface area contributed by atoms with Gasteiger partial charge in [-0.25, -0.2) is 0 Å². The molecule has 0 aliphatic rings. The summed E-state index contributed by atoms with van der Waals surface area (Å²) in [6.07, 6.45) is 0. The summed E-state index contributed by atoms with van der Waals surface area (Å²) in [5.41, 5.74) is 7.17. The van der Waals surface area contributed by atoms with Gasteiger partial charge in [0.05, 0.1) is 0 Å². The van der Waals surface area contributed by atoms with Gasteiger partial charge in [-0.15, -0.1) is 0 Å². The van der Waals surface area contributed by atoms with Crippen molar-refractivity contribution < 1.29 is 0 Å². The highest BCUT2D eigenvalue weighted by Gasteiger charge is 2.14. The van der Waals surface area contributed by atoms with Gasteiger partial charge in [0.15, 0.2) is 0 Å². The SMILES string of the molecule is CN(C)C(CN)c1cccc2ccccc12. The van der Waals surface area contributed by atoms with Crippen LogP contribution in [0.2, 0.25) is 0 Å². The van der Waals surface area contributed by atoms with Crippen LogP contribution in [0.15, 0.2) is 42.5 Å². The lowest BCUT2D eigenvalue weighted by Gasteiger charge is -2.24. The highest BCUT2D eigenvalue weighted by Crippen LogP contribution is 2.26. The normalized spacial score (nSPS) is 13.2. The van der Waals surface area contributed by atoms with E-state index in [4.69, 9.17) is 5.73 Å². The fourth-order valence-corrected chi connectivity index (χ4v) is 2.16. The zero-order valence-electron chi connectivity index (χ0n) is 9.85. The Morgan fingerprint density at radius 3 is 2.44 bits per heavy atom. The summed E-state index contributed by atoms with van der Waals surface area (Å²) in [7, 11) is 4.14. The molecule has 0 aliphatic carbocycles. The van der Waals surface area contributed by atoms with E-state index in [0.717, 1.165) is 0 Å². The lowest BCUT2D eigenvalue weighted by Crippen LogP contribution is -2.27. The highest BCUT2D eigenvalue weighted by atomic mass is 15.1. The largest absolute Gasteiger partial charge is 0.329 e. The van der Waals surface area contributed by atoms with Gasteiger partial charge in [0.25, 0.3) is 0 Å². The number of fused-ring (bicyclic) bond motifs is 1. The molecule has 2 nitrogen and oxygen atoms in total. The molecule has 2 heteroatoms. The highest BCUT2D eigenvalue weighted by molar-refractivity contribution is 5.86. The van der Waals surface area contributed by atoms with Crippen LogP contribution in [0.1, 0.15) is 11.6 Å². The summed E-state index contributed by atoms with van der Waals surface area (Å²) in [5, 5.41) is 2.58. The average molecular weight is 214 g/mol. The van der Waals surface area contributed by atoms with Crippen molar-refractivity contribution in [3.05, 3.63) is 48.0 Å². The molecule has 1 atom stereocenters. The maximum atomic E-state index is 5.86. The van der Waals surface area contributed by atoms with Gasteiger partial charge < -0.3 is 10.6 Å². The molecular weight excluding hydrogens is 196 g/mol. The third-order valence-corrected chi connectivity index (χ3v) is 3.03. The van der Waals surface area contributed by atoms with Crippen LogP contribution in [-0.4, -0.2) is 25.5 Å². The van der Waals surface area contributed by atoms with E-state index in [1.165, 1.54) is 16.3 Å². The summed E-state index contributed by atoms with van der Waals surface area (Å²) in [6, 6.07) is 15.1. The summed E-state index contributed by atoms with van der Waals surface area (Å²) in [5.74, 6) is 0. The summed E-state index contributed by atoms with van der Waals surface area (Å²) in [4.78, 5) is 2.17. The van der Waals surface area contributed by atoms with Crippen LogP contribution in [0.4, 0.5) is 0 Å². The van der Waals surface area contributed by atoms with Crippen molar-refractivity contribution in [3.63, 3.8) is 0 Å². The van der Waals surface area contributed by atoms with Crippen molar-refractivity contribution in [1.29, 1.82) is 0 Å². The standard InChI is InChI=1S/C14H18N2/c1-16(2)14(10-15)13-9-5-7-11-6-3-4-8-12(11)13/h3-9,14H,10,15H2,1-2H3. The van der Waals surface area contributed by atoms with Crippen molar-refractivity contribution in [2.45, 2.75) is 6.04 Å². The maximum absolute atomic E-state index is 5.86. The minimum Gasteiger partial charge on any atom is -0.329 e. The molecule has 0 saturated heterocycles. The van der Waals surface area contributed by atoms with Gasteiger partial charge in [0.2, 0.25) is 0 Å². The van der Waals surface area contributed by atoms with Gasteiger partial charge in [-0.3, -0.25) is 0 Å². The van der Waals surface area contributed by atoms with Crippen LogP contribution in [0.3, 0.4) is 0 Å². The number of benzene rings is 2. The number of likely N-dealkylation sites (N-methyl/N-ethyl adjacent to an activating group) is 1. The summed E-state index contributed by atoms with van der Waals surface area (Å²) in [6.45, 7) is 0.640. The monoisotopic (exact) mass is 214 g/mol. The molecule has 84 valence electrons. The molecule has 0 spiro atoms. The zero-order valence-corrected chi connectivity index (χ0v) is 9.85. The third kappa shape index (κ3) is 1.94. The molecule has 0 aromatic heterocycles. The number of nitrogens with two attached hydrogens (primary N) is 1. The Morgan fingerprint density at radius 2 is 1.75 bits per heavy atom. The van der Waals surface area contributed by atoms with Crippen LogP contribution in [0.25, 0.3) is 10.8 Å². The minimum atomic E-state index is 0.283. The van der Waals surface area contributed by atoms with Gasteiger partial charge in [0.1, 0.15) is 0 Å². The van der Waals surface area contributed by atoms with Gasteiger partial charge in [-0.05, 0) is 30.4 Å². The molecule has 0 heterocycles. The zero-order chi connectivity index (χ0) is 11.5. The molecule has 1 unspecified atom stereocenters. The van der Waals surface area contributed by atoms with E-state index < -0.39 is 0 Å². The average Bonchev–Trinajstić information content (AvgIpc) is 2.30. The molecular formula is C14H18N2. The predicted molar refractivity (Wildman–Crippen MR) is 69.4 cm³/mol. The second kappa shape index (κ2) is 4.64. The Bertz CT molecular complexity index is 472. The first-order valence-corrected chi connectivity index (χ1v) is 5.58. The minimum absolute atomic E-state index is 0.283. The van der Waals surface area contributed by atoms with Crippen LogP contribution in [-0.2, 0) is 0 Å². The molecule has 2 aromatic rings. The van der Waals surface area contributed by atoms with Gasteiger partial charge >= 0.3 is 0 Å². The fraction of sp³-hybridized carbons (Fsp3) is 0.286. The molecule has 0 fully saturated rings. The first kappa shape index (κ1) is 11.1. The van der Waals surface area contributed by atoms with E-state index in [2.05, 4.69) is 61.5 Å². The van der Waals surface area contributed by atoms with E-state index in [0.29, 0.717) is 6.54 Å².